The molecular formula is C22H28F3NO3. The van der Waals surface area contributed by atoms with Crippen LogP contribution in [-0.2, 0) is 12.6 Å². The van der Waals surface area contributed by atoms with E-state index in [0.717, 1.165) is 17.7 Å². The second-order valence-corrected chi connectivity index (χ2v) is 7.82. The SMILES string of the molecule is CC(Cc1ccc(OC(C)(C)CO)cc1)NCC(O)c1cccc(C(F)(F)F)c1. The number of aliphatic hydroxyl groups excluding tert-OH is 2. The molecule has 0 heterocycles. The highest BCUT2D eigenvalue weighted by molar-refractivity contribution is 5.29. The molecule has 0 aromatic heterocycles. The van der Waals surface area contributed by atoms with Gasteiger partial charge in [0.05, 0.1) is 18.3 Å². The van der Waals surface area contributed by atoms with Gasteiger partial charge in [0.25, 0.3) is 0 Å². The number of hydrogen-bond acceptors (Lipinski definition) is 4. The molecule has 0 saturated heterocycles. The Morgan fingerprint density at radius 1 is 1.07 bits per heavy atom. The van der Waals surface area contributed by atoms with Crippen LogP contribution in [0, 0.1) is 0 Å². The van der Waals surface area contributed by atoms with Gasteiger partial charge in [-0.05, 0) is 62.6 Å². The van der Waals surface area contributed by atoms with Crippen LogP contribution in [0.3, 0.4) is 0 Å². The van der Waals surface area contributed by atoms with Crippen molar-refractivity contribution in [2.45, 2.75) is 51.1 Å². The van der Waals surface area contributed by atoms with Crippen molar-refractivity contribution in [3.63, 3.8) is 0 Å². The van der Waals surface area contributed by atoms with Crippen molar-refractivity contribution >= 4 is 0 Å². The Morgan fingerprint density at radius 3 is 2.31 bits per heavy atom. The van der Waals surface area contributed by atoms with Gasteiger partial charge in [-0.25, -0.2) is 0 Å². The maximum Gasteiger partial charge on any atom is 0.416 e. The van der Waals surface area contributed by atoms with Gasteiger partial charge in [0.2, 0.25) is 0 Å². The summed E-state index contributed by atoms with van der Waals surface area (Å²) in [7, 11) is 0. The van der Waals surface area contributed by atoms with E-state index in [4.69, 9.17) is 4.74 Å². The fourth-order valence-corrected chi connectivity index (χ4v) is 2.82. The van der Waals surface area contributed by atoms with Crippen LogP contribution in [0.15, 0.2) is 48.5 Å². The summed E-state index contributed by atoms with van der Waals surface area (Å²) >= 11 is 0. The molecule has 0 saturated carbocycles. The number of hydrogen-bond donors (Lipinski definition) is 3. The standard InChI is InChI=1S/C22H28F3NO3/c1-15(11-16-7-9-19(10-8-16)29-21(2,3)14-27)26-13-20(28)17-5-4-6-18(12-17)22(23,24)25/h4-10,12,15,20,26-28H,11,13-14H2,1-3H3. The van der Waals surface area contributed by atoms with Gasteiger partial charge in [-0.1, -0.05) is 24.3 Å². The Labute approximate surface area is 169 Å². The van der Waals surface area contributed by atoms with Crippen LogP contribution >= 0.6 is 0 Å². The summed E-state index contributed by atoms with van der Waals surface area (Å²) < 4.78 is 44.1. The molecule has 0 aliphatic heterocycles. The predicted octanol–water partition coefficient (Wildman–Crippen LogP) is 4.11. The summed E-state index contributed by atoms with van der Waals surface area (Å²) in [5.74, 6) is 0.661. The zero-order chi connectivity index (χ0) is 21.7. The zero-order valence-electron chi connectivity index (χ0n) is 16.8. The van der Waals surface area contributed by atoms with E-state index in [1.54, 1.807) is 13.8 Å². The molecule has 2 rings (SSSR count). The average molecular weight is 411 g/mol. The number of ether oxygens (including phenoxy) is 1. The summed E-state index contributed by atoms with van der Waals surface area (Å²) in [5.41, 5.74) is -0.148. The molecule has 0 aliphatic rings. The Morgan fingerprint density at radius 2 is 1.72 bits per heavy atom. The largest absolute Gasteiger partial charge is 0.485 e. The van der Waals surface area contributed by atoms with E-state index >= 15 is 0 Å². The van der Waals surface area contributed by atoms with E-state index in [9.17, 15) is 23.4 Å². The lowest BCUT2D eigenvalue weighted by Gasteiger charge is -2.24. The molecule has 0 aliphatic carbocycles. The second kappa shape index (κ2) is 9.61. The van der Waals surface area contributed by atoms with Gasteiger partial charge in [0, 0.05) is 12.6 Å². The van der Waals surface area contributed by atoms with Crippen molar-refractivity contribution < 1.29 is 28.1 Å². The molecule has 0 radical (unpaired) electrons. The third kappa shape index (κ3) is 7.34. The van der Waals surface area contributed by atoms with Gasteiger partial charge >= 0.3 is 6.18 Å². The molecule has 2 atom stereocenters. The third-order valence-corrected chi connectivity index (χ3v) is 4.50. The topological polar surface area (TPSA) is 61.7 Å². The minimum atomic E-state index is -4.43. The quantitative estimate of drug-likeness (QED) is 0.581. The van der Waals surface area contributed by atoms with Gasteiger partial charge in [-0.15, -0.1) is 0 Å². The Hall–Kier alpha value is -2.09. The molecule has 7 heteroatoms. The summed E-state index contributed by atoms with van der Waals surface area (Å²) in [6.07, 6.45) is -4.78. The van der Waals surface area contributed by atoms with Gasteiger partial charge in [-0.2, -0.15) is 13.2 Å². The van der Waals surface area contributed by atoms with E-state index in [0.29, 0.717) is 12.2 Å². The number of aliphatic hydroxyl groups is 2. The Balaban J connectivity index is 1.87. The van der Waals surface area contributed by atoms with E-state index in [2.05, 4.69) is 5.32 Å². The van der Waals surface area contributed by atoms with Gasteiger partial charge in [-0.3, -0.25) is 0 Å². The zero-order valence-corrected chi connectivity index (χ0v) is 16.8. The van der Waals surface area contributed by atoms with Crippen LogP contribution in [-0.4, -0.2) is 35.0 Å². The van der Waals surface area contributed by atoms with Gasteiger partial charge in [0.15, 0.2) is 0 Å². The highest BCUT2D eigenvalue weighted by Crippen LogP contribution is 2.30. The minimum Gasteiger partial charge on any atom is -0.485 e. The maximum absolute atomic E-state index is 12.8. The first-order valence-corrected chi connectivity index (χ1v) is 9.47. The number of nitrogens with one attached hydrogen (secondary N) is 1. The van der Waals surface area contributed by atoms with Crippen LogP contribution in [0.2, 0.25) is 0 Å². The van der Waals surface area contributed by atoms with Crippen molar-refractivity contribution in [1.29, 1.82) is 0 Å². The molecule has 2 aromatic carbocycles. The van der Waals surface area contributed by atoms with Crippen LogP contribution in [0.4, 0.5) is 13.2 Å². The molecule has 3 N–H and O–H groups in total. The molecular weight excluding hydrogens is 383 g/mol. The van der Waals surface area contributed by atoms with Crippen LogP contribution < -0.4 is 10.1 Å². The second-order valence-electron chi connectivity index (χ2n) is 7.82. The lowest BCUT2D eigenvalue weighted by Crippen LogP contribution is -2.32. The minimum absolute atomic E-state index is 0.0103. The first kappa shape index (κ1) is 23.2. The fraction of sp³-hybridized carbons (Fsp3) is 0.455. The lowest BCUT2D eigenvalue weighted by atomic mass is 10.0. The third-order valence-electron chi connectivity index (χ3n) is 4.50. The van der Waals surface area contributed by atoms with E-state index in [1.165, 1.54) is 12.1 Å². The molecule has 0 bridgehead atoms. The van der Waals surface area contributed by atoms with Crippen molar-refractivity contribution in [2.24, 2.45) is 0 Å². The molecule has 2 aromatic rings. The molecule has 4 nitrogen and oxygen atoms in total. The summed E-state index contributed by atoms with van der Waals surface area (Å²) in [6.45, 7) is 5.58. The summed E-state index contributed by atoms with van der Waals surface area (Å²) in [5, 5.41) is 22.6. The Kier molecular flexibility index (Phi) is 7.68. The van der Waals surface area contributed by atoms with E-state index in [-0.39, 0.29) is 24.8 Å². The predicted molar refractivity (Wildman–Crippen MR) is 106 cm³/mol. The van der Waals surface area contributed by atoms with Crippen molar-refractivity contribution in [2.75, 3.05) is 13.2 Å². The molecule has 0 amide bonds. The number of halogens is 3. The highest BCUT2D eigenvalue weighted by Gasteiger charge is 2.30. The first-order chi connectivity index (χ1) is 13.5. The number of benzene rings is 2. The molecule has 160 valence electrons. The summed E-state index contributed by atoms with van der Waals surface area (Å²) in [4.78, 5) is 0. The first-order valence-electron chi connectivity index (χ1n) is 9.47. The highest BCUT2D eigenvalue weighted by atomic mass is 19.4. The maximum atomic E-state index is 12.8. The monoisotopic (exact) mass is 411 g/mol. The Bertz CT molecular complexity index is 776. The molecule has 0 spiro atoms. The van der Waals surface area contributed by atoms with Gasteiger partial charge in [0.1, 0.15) is 11.4 Å². The van der Waals surface area contributed by atoms with Crippen molar-refractivity contribution in [1.82, 2.24) is 5.32 Å². The van der Waals surface area contributed by atoms with Crippen LogP contribution in [0.5, 0.6) is 5.75 Å². The van der Waals surface area contributed by atoms with Gasteiger partial charge < -0.3 is 20.3 Å². The smallest absolute Gasteiger partial charge is 0.416 e. The molecule has 29 heavy (non-hydrogen) atoms. The van der Waals surface area contributed by atoms with Crippen LogP contribution in [0.25, 0.3) is 0 Å². The normalized spacial score (nSPS) is 14.5. The number of alkyl halides is 3. The van der Waals surface area contributed by atoms with E-state index < -0.39 is 23.4 Å². The lowest BCUT2D eigenvalue weighted by molar-refractivity contribution is -0.137. The number of rotatable bonds is 9. The fourth-order valence-electron chi connectivity index (χ4n) is 2.82. The molecule has 0 fully saturated rings. The average Bonchev–Trinajstić information content (AvgIpc) is 2.67. The van der Waals surface area contributed by atoms with E-state index in [1.807, 2.05) is 31.2 Å². The van der Waals surface area contributed by atoms with Crippen LogP contribution in [0.1, 0.15) is 43.6 Å². The molecule has 2 unspecified atom stereocenters. The summed E-state index contributed by atoms with van der Waals surface area (Å²) in [6, 6.07) is 12.3. The van der Waals surface area contributed by atoms with Crippen molar-refractivity contribution in [3.8, 4) is 5.75 Å². The van der Waals surface area contributed by atoms with Crippen molar-refractivity contribution in [3.05, 3.63) is 65.2 Å².